The van der Waals surface area contributed by atoms with Crippen LogP contribution in [-0.4, -0.2) is 67.2 Å². The van der Waals surface area contributed by atoms with Crippen LogP contribution >= 0.6 is 0 Å². The Hall–Kier alpha value is -2.25. The molecule has 2 fully saturated rings. The SMILES string of the molecule is COCCN1C(=O)N[C@](Cc2cccc(F)c2)(C2CCN(C[C@H](C)CCC=C(C)C)CC2)C1=O. The van der Waals surface area contributed by atoms with Crippen LogP contribution in [0.25, 0.3) is 0 Å². The average molecular weight is 474 g/mol. The first kappa shape index (κ1) is 26.4. The van der Waals surface area contributed by atoms with Crippen molar-refractivity contribution in [2.75, 3.05) is 39.9 Å². The Balaban J connectivity index is 1.71. The fourth-order valence-corrected chi connectivity index (χ4v) is 5.34. The van der Waals surface area contributed by atoms with Crippen molar-refractivity contribution >= 4 is 11.9 Å². The molecule has 3 amide bonds. The molecule has 1 N–H and O–H groups in total. The molecule has 0 aliphatic carbocycles. The molecule has 2 aliphatic rings. The fourth-order valence-electron chi connectivity index (χ4n) is 5.34. The third-order valence-corrected chi connectivity index (χ3v) is 7.16. The number of halogens is 1. The summed E-state index contributed by atoms with van der Waals surface area (Å²) in [6.07, 6.45) is 6.50. The second-order valence-electron chi connectivity index (χ2n) is 10.2. The molecule has 2 saturated heterocycles. The lowest BCUT2D eigenvalue weighted by Gasteiger charge is -2.41. The van der Waals surface area contributed by atoms with Crippen molar-refractivity contribution in [2.45, 2.75) is 58.4 Å². The Morgan fingerprint density at radius 1 is 1.29 bits per heavy atom. The molecule has 2 aliphatic heterocycles. The molecule has 0 radical (unpaired) electrons. The minimum absolute atomic E-state index is 0.00278. The number of carbonyl (C=O) groups is 2. The van der Waals surface area contributed by atoms with Gasteiger partial charge in [-0.3, -0.25) is 9.69 Å². The van der Waals surface area contributed by atoms with Gasteiger partial charge in [-0.25, -0.2) is 9.18 Å². The van der Waals surface area contributed by atoms with Gasteiger partial charge in [0.05, 0.1) is 13.2 Å². The summed E-state index contributed by atoms with van der Waals surface area (Å²) in [4.78, 5) is 30.2. The second-order valence-corrected chi connectivity index (χ2v) is 10.2. The zero-order valence-corrected chi connectivity index (χ0v) is 21.1. The van der Waals surface area contributed by atoms with Crippen LogP contribution in [0.1, 0.15) is 52.0 Å². The van der Waals surface area contributed by atoms with E-state index in [0.717, 1.165) is 50.9 Å². The molecular weight excluding hydrogens is 433 g/mol. The largest absolute Gasteiger partial charge is 0.383 e. The molecule has 0 bridgehead atoms. The van der Waals surface area contributed by atoms with Gasteiger partial charge in [0, 0.05) is 20.1 Å². The van der Waals surface area contributed by atoms with Gasteiger partial charge < -0.3 is 15.0 Å². The monoisotopic (exact) mass is 473 g/mol. The van der Waals surface area contributed by atoms with E-state index in [0.29, 0.717) is 12.3 Å². The van der Waals surface area contributed by atoms with E-state index in [-0.39, 0.29) is 36.8 Å². The zero-order valence-electron chi connectivity index (χ0n) is 21.1. The van der Waals surface area contributed by atoms with Crippen LogP contribution in [-0.2, 0) is 16.0 Å². The highest BCUT2D eigenvalue weighted by atomic mass is 19.1. The van der Waals surface area contributed by atoms with Gasteiger partial charge in [-0.2, -0.15) is 0 Å². The van der Waals surface area contributed by atoms with Crippen molar-refractivity contribution in [1.82, 2.24) is 15.1 Å². The Labute approximate surface area is 203 Å². The average Bonchev–Trinajstić information content (AvgIpc) is 3.02. The first-order chi connectivity index (χ1) is 16.2. The molecular formula is C27H40FN3O3. The van der Waals surface area contributed by atoms with Crippen LogP contribution in [0.15, 0.2) is 35.9 Å². The number of piperidine rings is 1. The van der Waals surface area contributed by atoms with Crippen LogP contribution in [0.3, 0.4) is 0 Å². The van der Waals surface area contributed by atoms with E-state index in [2.05, 4.69) is 37.1 Å². The number of hydrogen-bond acceptors (Lipinski definition) is 4. The number of methoxy groups -OCH3 is 1. The van der Waals surface area contributed by atoms with Gasteiger partial charge in [-0.1, -0.05) is 30.7 Å². The van der Waals surface area contributed by atoms with Gasteiger partial charge in [0.1, 0.15) is 11.4 Å². The van der Waals surface area contributed by atoms with Crippen molar-refractivity contribution in [1.29, 1.82) is 0 Å². The number of nitrogens with one attached hydrogen (secondary N) is 1. The molecule has 188 valence electrons. The Morgan fingerprint density at radius 3 is 2.68 bits per heavy atom. The van der Waals surface area contributed by atoms with Crippen molar-refractivity contribution in [2.24, 2.45) is 11.8 Å². The number of likely N-dealkylation sites (tertiary alicyclic amines) is 1. The Morgan fingerprint density at radius 2 is 2.03 bits per heavy atom. The number of rotatable bonds is 11. The lowest BCUT2D eigenvalue weighted by atomic mass is 9.73. The lowest BCUT2D eigenvalue weighted by Crippen LogP contribution is -2.57. The number of hydrogen-bond donors (Lipinski definition) is 1. The standard InChI is InChI=1S/C27H40FN3O3/c1-20(2)7-5-8-21(3)19-30-13-11-23(12-14-30)27(18-22-9-6-10-24(28)17-22)25(32)31(15-16-34-4)26(33)29-27/h6-7,9-10,17,21,23H,5,8,11-16,18-19H2,1-4H3,(H,29,33)/t21-,27-/m1/s1. The van der Waals surface area contributed by atoms with Gasteiger partial charge in [0.25, 0.3) is 5.91 Å². The number of urea groups is 1. The van der Waals surface area contributed by atoms with E-state index in [1.54, 1.807) is 13.2 Å². The summed E-state index contributed by atoms with van der Waals surface area (Å²) in [6, 6.07) is 5.96. The number of imide groups is 1. The van der Waals surface area contributed by atoms with Crippen LogP contribution < -0.4 is 5.32 Å². The number of amides is 3. The Bertz CT molecular complexity index is 878. The summed E-state index contributed by atoms with van der Waals surface area (Å²) in [7, 11) is 1.55. The van der Waals surface area contributed by atoms with Crippen molar-refractivity contribution < 1.29 is 18.7 Å². The number of carbonyl (C=O) groups excluding carboxylic acids is 2. The number of nitrogens with zero attached hydrogens (tertiary/aromatic N) is 2. The second kappa shape index (κ2) is 11.9. The first-order valence-corrected chi connectivity index (χ1v) is 12.5. The van der Waals surface area contributed by atoms with E-state index < -0.39 is 5.54 Å². The minimum atomic E-state index is -1.04. The predicted molar refractivity (Wildman–Crippen MR) is 132 cm³/mol. The quantitative estimate of drug-likeness (QED) is 0.382. The fraction of sp³-hybridized carbons (Fsp3) is 0.630. The van der Waals surface area contributed by atoms with E-state index in [9.17, 15) is 14.0 Å². The van der Waals surface area contributed by atoms with Gasteiger partial charge in [-0.05, 0) is 82.2 Å². The maximum absolute atomic E-state index is 13.9. The van der Waals surface area contributed by atoms with Gasteiger partial charge in [-0.15, -0.1) is 0 Å². The maximum atomic E-state index is 13.9. The number of benzene rings is 1. The van der Waals surface area contributed by atoms with Crippen LogP contribution in [0, 0.1) is 17.7 Å². The van der Waals surface area contributed by atoms with Crippen molar-refractivity contribution in [3.8, 4) is 0 Å². The molecule has 0 spiro atoms. The van der Waals surface area contributed by atoms with Crippen LogP contribution in [0.5, 0.6) is 0 Å². The highest BCUT2D eigenvalue weighted by molar-refractivity contribution is 6.07. The highest BCUT2D eigenvalue weighted by Crippen LogP contribution is 2.37. The number of ether oxygens (including phenoxy) is 1. The Kier molecular flexibility index (Phi) is 9.25. The number of allylic oxidation sites excluding steroid dienone is 2. The van der Waals surface area contributed by atoms with Crippen LogP contribution in [0.2, 0.25) is 0 Å². The van der Waals surface area contributed by atoms with E-state index in [1.165, 1.54) is 22.6 Å². The normalized spacial score (nSPS) is 22.7. The summed E-state index contributed by atoms with van der Waals surface area (Å²) < 4.78 is 19.0. The molecule has 6 nitrogen and oxygen atoms in total. The molecule has 1 aromatic carbocycles. The van der Waals surface area contributed by atoms with Gasteiger partial charge >= 0.3 is 6.03 Å². The maximum Gasteiger partial charge on any atom is 0.325 e. The van der Waals surface area contributed by atoms with E-state index >= 15 is 0 Å². The zero-order chi connectivity index (χ0) is 24.7. The molecule has 2 atom stereocenters. The summed E-state index contributed by atoms with van der Waals surface area (Å²) in [5, 5.41) is 3.04. The minimum Gasteiger partial charge on any atom is -0.383 e. The molecule has 0 aromatic heterocycles. The third-order valence-electron chi connectivity index (χ3n) is 7.16. The third kappa shape index (κ3) is 6.45. The van der Waals surface area contributed by atoms with E-state index in [1.807, 2.05) is 6.07 Å². The lowest BCUT2D eigenvalue weighted by molar-refractivity contribution is -0.134. The molecule has 34 heavy (non-hydrogen) atoms. The van der Waals surface area contributed by atoms with Gasteiger partial charge in [0.15, 0.2) is 0 Å². The first-order valence-electron chi connectivity index (χ1n) is 12.5. The smallest absolute Gasteiger partial charge is 0.325 e. The molecule has 7 heteroatoms. The van der Waals surface area contributed by atoms with Crippen LogP contribution in [0.4, 0.5) is 9.18 Å². The van der Waals surface area contributed by atoms with Gasteiger partial charge in [0.2, 0.25) is 0 Å². The summed E-state index contributed by atoms with van der Waals surface area (Å²) >= 11 is 0. The van der Waals surface area contributed by atoms with Crippen molar-refractivity contribution in [3.63, 3.8) is 0 Å². The van der Waals surface area contributed by atoms with E-state index in [4.69, 9.17) is 4.74 Å². The predicted octanol–water partition coefficient (Wildman–Crippen LogP) is 4.40. The highest BCUT2D eigenvalue weighted by Gasteiger charge is 2.55. The summed E-state index contributed by atoms with van der Waals surface area (Å²) in [6.45, 7) is 9.90. The molecule has 1 aromatic rings. The molecule has 0 unspecified atom stereocenters. The molecule has 2 heterocycles. The molecule has 3 rings (SSSR count). The topological polar surface area (TPSA) is 61.9 Å². The van der Waals surface area contributed by atoms with Crippen molar-refractivity contribution in [3.05, 3.63) is 47.3 Å². The molecule has 0 saturated carbocycles. The summed E-state index contributed by atoms with van der Waals surface area (Å²) in [5.41, 5.74) is 1.04. The summed E-state index contributed by atoms with van der Waals surface area (Å²) in [5.74, 6) is 0.0488.